The van der Waals surface area contributed by atoms with E-state index in [4.69, 9.17) is 9.47 Å². The molecular formula is C18H30O4. The highest BCUT2D eigenvalue weighted by atomic mass is 16.5. The molecule has 2 saturated carbocycles. The van der Waals surface area contributed by atoms with Crippen LogP contribution in [0.4, 0.5) is 0 Å². The largest absolute Gasteiger partial charge is 0.462 e. The quantitative estimate of drug-likeness (QED) is 0.639. The standard InChI is InChI=1S/C18H30O4/c1-4-15(12(2)3)21-17(19)6-5-7-18(20)22-16-11-13-8-9-14(16)10-13/h12-16H,4-11H2,1-3H3. The van der Waals surface area contributed by atoms with Crippen LogP contribution in [0.2, 0.25) is 0 Å². The van der Waals surface area contributed by atoms with Crippen molar-refractivity contribution in [3.05, 3.63) is 0 Å². The van der Waals surface area contributed by atoms with Crippen LogP contribution in [0.3, 0.4) is 0 Å². The van der Waals surface area contributed by atoms with Crippen LogP contribution < -0.4 is 0 Å². The fourth-order valence-electron chi connectivity index (χ4n) is 3.85. The van der Waals surface area contributed by atoms with Gasteiger partial charge >= 0.3 is 11.9 Å². The van der Waals surface area contributed by atoms with Gasteiger partial charge in [-0.1, -0.05) is 20.8 Å². The van der Waals surface area contributed by atoms with E-state index in [0.29, 0.717) is 31.1 Å². The minimum Gasteiger partial charge on any atom is -0.462 e. The highest BCUT2D eigenvalue weighted by Gasteiger charge is 2.41. The molecule has 0 aromatic rings. The zero-order valence-electron chi connectivity index (χ0n) is 14.2. The number of esters is 2. The summed E-state index contributed by atoms with van der Waals surface area (Å²) < 4.78 is 11.0. The first kappa shape index (κ1) is 17.3. The van der Waals surface area contributed by atoms with Gasteiger partial charge in [-0.3, -0.25) is 9.59 Å². The maximum atomic E-state index is 11.9. The summed E-state index contributed by atoms with van der Waals surface area (Å²) in [6.07, 6.45) is 6.89. The summed E-state index contributed by atoms with van der Waals surface area (Å²) in [5.74, 6) is 1.35. The molecule has 4 unspecified atom stereocenters. The predicted octanol–water partition coefficient (Wildman–Crippen LogP) is 3.87. The van der Waals surface area contributed by atoms with Gasteiger partial charge in [-0.05, 0) is 56.3 Å². The molecule has 0 amide bonds. The van der Waals surface area contributed by atoms with Gasteiger partial charge in [0.25, 0.3) is 0 Å². The lowest BCUT2D eigenvalue weighted by atomic mass is 9.98. The summed E-state index contributed by atoms with van der Waals surface area (Å²) in [5.41, 5.74) is 0. The van der Waals surface area contributed by atoms with Gasteiger partial charge in [0.2, 0.25) is 0 Å². The van der Waals surface area contributed by atoms with E-state index in [0.717, 1.165) is 18.8 Å². The number of ether oxygens (including phenoxy) is 2. The molecule has 2 aliphatic carbocycles. The molecule has 0 aromatic carbocycles. The van der Waals surface area contributed by atoms with E-state index in [1.54, 1.807) is 0 Å². The highest BCUT2D eigenvalue weighted by molar-refractivity contribution is 5.72. The summed E-state index contributed by atoms with van der Waals surface area (Å²) in [4.78, 5) is 23.6. The smallest absolute Gasteiger partial charge is 0.306 e. The maximum absolute atomic E-state index is 11.9. The zero-order valence-corrected chi connectivity index (χ0v) is 14.2. The molecule has 2 rings (SSSR count). The lowest BCUT2D eigenvalue weighted by Gasteiger charge is -2.22. The Bertz CT molecular complexity index is 391. The van der Waals surface area contributed by atoms with Crippen LogP contribution >= 0.6 is 0 Å². The van der Waals surface area contributed by atoms with E-state index in [-0.39, 0.29) is 24.1 Å². The van der Waals surface area contributed by atoms with Crippen LogP contribution in [-0.4, -0.2) is 24.1 Å². The second-order valence-corrected chi connectivity index (χ2v) is 7.24. The zero-order chi connectivity index (χ0) is 16.1. The van der Waals surface area contributed by atoms with E-state index in [1.807, 2.05) is 20.8 Å². The fraction of sp³-hybridized carbons (Fsp3) is 0.889. The number of carbonyl (C=O) groups is 2. The molecule has 2 fully saturated rings. The summed E-state index contributed by atoms with van der Waals surface area (Å²) in [6.45, 7) is 6.12. The Balaban J connectivity index is 1.59. The van der Waals surface area contributed by atoms with Crippen molar-refractivity contribution in [3.63, 3.8) is 0 Å². The van der Waals surface area contributed by atoms with Crippen LogP contribution in [0.15, 0.2) is 0 Å². The minimum atomic E-state index is -0.201. The molecule has 4 atom stereocenters. The fourth-order valence-corrected chi connectivity index (χ4v) is 3.85. The number of rotatable bonds is 8. The van der Waals surface area contributed by atoms with Gasteiger partial charge in [0.1, 0.15) is 12.2 Å². The van der Waals surface area contributed by atoms with E-state index in [9.17, 15) is 9.59 Å². The third-order valence-corrected chi connectivity index (χ3v) is 5.15. The molecule has 0 aromatic heterocycles. The molecule has 0 spiro atoms. The van der Waals surface area contributed by atoms with Crippen LogP contribution in [0.5, 0.6) is 0 Å². The number of fused-ring (bicyclic) bond motifs is 2. The molecule has 4 nitrogen and oxygen atoms in total. The van der Waals surface area contributed by atoms with Gasteiger partial charge in [-0.25, -0.2) is 0 Å². The number of hydrogen-bond donors (Lipinski definition) is 0. The molecule has 4 heteroatoms. The molecule has 2 aliphatic rings. The third kappa shape index (κ3) is 4.72. The molecule has 0 radical (unpaired) electrons. The van der Waals surface area contributed by atoms with E-state index < -0.39 is 0 Å². The van der Waals surface area contributed by atoms with Crippen molar-refractivity contribution in [2.24, 2.45) is 17.8 Å². The SMILES string of the molecule is CCC(OC(=O)CCCC(=O)OC1CC2CCC1C2)C(C)C. The van der Waals surface area contributed by atoms with Gasteiger partial charge in [0.05, 0.1) is 0 Å². The summed E-state index contributed by atoms with van der Waals surface area (Å²) >= 11 is 0. The topological polar surface area (TPSA) is 52.6 Å². The average Bonchev–Trinajstić information content (AvgIpc) is 3.06. The Labute approximate surface area is 133 Å². The molecule has 0 saturated heterocycles. The summed E-state index contributed by atoms with van der Waals surface area (Å²) in [6, 6.07) is 0. The minimum absolute atomic E-state index is 0.0199. The van der Waals surface area contributed by atoms with Gasteiger partial charge in [0, 0.05) is 12.8 Å². The second kappa shape index (κ2) is 7.98. The molecule has 0 heterocycles. The lowest BCUT2D eigenvalue weighted by Crippen LogP contribution is -2.24. The Morgan fingerprint density at radius 2 is 1.82 bits per heavy atom. The van der Waals surface area contributed by atoms with Crippen molar-refractivity contribution in [1.29, 1.82) is 0 Å². The van der Waals surface area contributed by atoms with E-state index in [1.165, 1.54) is 19.3 Å². The van der Waals surface area contributed by atoms with E-state index in [2.05, 4.69) is 0 Å². The van der Waals surface area contributed by atoms with Crippen molar-refractivity contribution in [2.75, 3.05) is 0 Å². The van der Waals surface area contributed by atoms with Crippen molar-refractivity contribution >= 4 is 11.9 Å². The number of carbonyl (C=O) groups excluding carboxylic acids is 2. The van der Waals surface area contributed by atoms with Crippen molar-refractivity contribution in [2.45, 2.75) is 84.3 Å². The molecular weight excluding hydrogens is 280 g/mol. The van der Waals surface area contributed by atoms with Crippen LogP contribution in [-0.2, 0) is 19.1 Å². The number of hydrogen-bond acceptors (Lipinski definition) is 4. The summed E-state index contributed by atoms with van der Waals surface area (Å²) in [7, 11) is 0. The Morgan fingerprint density at radius 3 is 2.36 bits per heavy atom. The first-order valence-corrected chi connectivity index (χ1v) is 8.88. The molecule has 22 heavy (non-hydrogen) atoms. The van der Waals surface area contributed by atoms with Gasteiger partial charge in [-0.15, -0.1) is 0 Å². The molecule has 126 valence electrons. The first-order chi connectivity index (χ1) is 10.5. The Hall–Kier alpha value is -1.06. The first-order valence-electron chi connectivity index (χ1n) is 8.88. The van der Waals surface area contributed by atoms with Gasteiger partial charge < -0.3 is 9.47 Å². The van der Waals surface area contributed by atoms with Crippen molar-refractivity contribution in [1.82, 2.24) is 0 Å². The molecule has 0 N–H and O–H groups in total. The van der Waals surface area contributed by atoms with Crippen molar-refractivity contribution in [3.8, 4) is 0 Å². The van der Waals surface area contributed by atoms with Crippen LogP contribution in [0, 0.1) is 17.8 Å². The predicted molar refractivity (Wildman–Crippen MR) is 84.2 cm³/mol. The second-order valence-electron chi connectivity index (χ2n) is 7.24. The molecule has 0 aliphatic heterocycles. The van der Waals surface area contributed by atoms with Gasteiger partial charge in [-0.2, -0.15) is 0 Å². The summed E-state index contributed by atoms with van der Waals surface area (Å²) in [5, 5.41) is 0. The van der Waals surface area contributed by atoms with Crippen molar-refractivity contribution < 1.29 is 19.1 Å². The van der Waals surface area contributed by atoms with E-state index >= 15 is 0 Å². The normalized spacial score (nSPS) is 27.9. The lowest BCUT2D eigenvalue weighted by molar-refractivity contribution is -0.153. The Morgan fingerprint density at radius 1 is 1.09 bits per heavy atom. The third-order valence-electron chi connectivity index (χ3n) is 5.15. The Kier molecular flexibility index (Phi) is 6.27. The van der Waals surface area contributed by atoms with Gasteiger partial charge in [0.15, 0.2) is 0 Å². The van der Waals surface area contributed by atoms with Crippen LogP contribution in [0.25, 0.3) is 0 Å². The monoisotopic (exact) mass is 310 g/mol. The maximum Gasteiger partial charge on any atom is 0.306 e. The van der Waals surface area contributed by atoms with Crippen LogP contribution in [0.1, 0.15) is 72.1 Å². The molecule has 2 bridgehead atoms. The highest BCUT2D eigenvalue weighted by Crippen LogP contribution is 2.45. The average molecular weight is 310 g/mol.